The van der Waals surface area contributed by atoms with Gasteiger partial charge in [0.15, 0.2) is 0 Å². The highest BCUT2D eigenvalue weighted by molar-refractivity contribution is 7.91. The minimum Gasteiger partial charge on any atom is -0.488 e. The number of hydrogen-bond acceptors (Lipinski definition) is 5. The Labute approximate surface area is 321 Å². The molecular weight excluding hydrogens is 689 g/mol. The van der Waals surface area contributed by atoms with E-state index in [4.69, 9.17) is 14.2 Å². The van der Waals surface area contributed by atoms with Crippen LogP contribution < -0.4 is 14.2 Å². The number of hydrogen-bond donors (Lipinski definition) is 0. The lowest BCUT2D eigenvalue weighted by Crippen LogP contribution is -2.23. The molecule has 5 nitrogen and oxygen atoms in total. The second kappa shape index (κ2) is 15.2. The second-order valence-corrected chi connectivity index (χ2v) is 17.9. The summed E-state index contributed by atoms with van der Waals surface area (Å²) in [7, 11) is -3.73. The van der Waals surface area contributed by atoms with Crippen LogP contribution in [0.25, 0.3) is 11.1 Å². The molecule has 0 amide bonds. The van der Waals surface area contributed by atoms with Gasteiger partial charge in [-0.05, 0) is 145 Å². The van der Waals surface area contributed by atoms with Crippen LogP contribution in [0.2, 0.25) is 0 Å². The highest BCUT2D eigenvalue weighted by Gasteiger charge is 2.28. The molecule has 0 aromatic heterocycles. The summed E-state index contributed by atoms with van der Waals surface area (Å²) in [5.41, 5.74) is 5.58. The summed E-state index contributed by atoms with van der Waals surface area (Å²) in [5.74, 6) is 3.26. The number of sulfone groups is 1. The molecule has 0 saturated carbocycles. The van der Waals surface area contributed by atoms with Crippen LogP contribution >= 0.6 is 0 Å². The maximum Gasteiger partial charge on any atom is 0.206 e. The predicted octanol–water partition coefficient (Wildman–Crippen LogP) is 13.0. The first-order valence-electron chi connectivity index (χ1n) is 18.5. The van der Waals surface area contributed by atoms with E-state index in [-0.39, 0.29) is 26.2 Å². The molecule has 278 valence electrons. The van der Waals surface area contributed by atoms with Gasteiger partial charge in [0, 0.05) is 5.41 Å². The molecule has 0 aliphatic rings. The van der Waals surface area contributed by atoms with Crippen molar-refractivity contribution in [2.45, 2.75) is 88.0 Å². The van der Waals surface area contributed by atoms with Crippen LogP contribution in [0, 0.1) is 0 Å². The van der Waals surface area contributed by atoms with Crippen LogP contribution in [0.15, 0.2) is 155 Å². The molecule has 54 heavy (non-hydrogen) atoms. The van der Waals surface area contributed by atoms with E-state index in [9.17, 15) is 8.42 Å². The normalized spacial score (nSPS) is 13.2. The van der Waals surface area contributed by atoms with Gasteiger partial charge in [-0.1, -0.05) is 95.3 Å². The molecule has 0 saturated heterocycles. The summed E-state index contributed by atoms with van der Waals surface area (Å²) in [4.78, 5) is 0.435. The monoisotopic (exact) mass is 738 g/mol. The van der Waals surface area contributed by atoms with Gasteiger partial charge in [-0.15, -0.1) is 0 Å². The van der Waals surface area contributed by atoms with E-state index in [0.29, 0.717) is 23.0 Å². The van der Waals surface area contributed by atoms with Crippen molar-refractivity contribution in [2.24, 2.45) is 0 Å². The largest absolute Gasteiger partial charge is 0.488 e. The Morgan fingerprint density at radius 2 is 0.741 bits per heavy atom. The third-order valence-corrected chi connectivity index (χ3v) is 11.6. The van der Waals surface area contributed by atoms with Crippen molar-refractivity contribution in [3.8, 4) is 39.9 Å². The lowest BCUT2D eigenvalue weighted by molar-refractivity contribution is 0.131. The highest BCUT2D eigenvalue weighted by Crippen LogP contribution is 2.38. The maximum absolute atomic E-state index is 13.6. The molecule has 6 aromatic carbocycles. The average molecular weight is 739 g/mol. The molecule has 6 heteroatoms. The van der Waals surface area contributed by atoms with Crippen molar-refractivity contribution in [1.29, 1.82) is 0 Å². The number of rotatable bonds is 11. The molecule has 0 radical (unpaired) electrons. The third kappa shape index (κ3) is 8.88. The molecule has 0 spiro atoms. The summed E-state index contributed by atoms with van der Waals surface area (Å²) < 4.78 is 44.9. The van der Waals surface area contributed by atoms with Crippen LogP contribution in [-0.4, -0.2) is 14.0 Å². The fraction of sp³-hybridized carbons (Fsp3) is 0.250. The molecule has 6 aromatic rings. The zero-order valence-corrected chi connectivity index (χ0v) is 33.3. The highest BCUT2D eigenvalue weighted by atomic mass is 32.2. The molecule has 0 aliphatic heterocycles. The Morgan fingerprint density at radius 3 is 1.11 bits per heavy atom. The summed E-state index contributed by atoms with van der Waals surface area (Å²) >= 11 is 0. The first-order valence-corrected chi connectivity index (χ1v) is 19.9. The Hall–Kier alpha value is -5.33. The third-order valence-electron chi connectivity index (χ3n) is 9.79. The van der Waals surface area contributed by atoms with Gasteiger partial charge in [-0.3, -0.25) is 0 Å². The summed E-state index contributed by atoms with van der Waals surface area (Å²) in [6.45, 7) is 17.3. The number of benzene rings is 6. The fourth-order valence-electron chi connectivity index (χ4n) is 6.37. The molecular formula is C48H50O5S. The summed E-state index contributed by atoms with van der Waals surface area (Å²) in [6, 6.07) is 46.0. The van der Waals surface area contributed by atoms with Gasteiger partial charge in [0.05, 0.1) is 9.79 Å². The molecule has 0 aliphatic carbocycles. The van der Waals surface area contributed by atoms with Crippen molar-refractivity contribution >= 4 is 9.84 Å². The zero-order valence-electron chi connectivity index (χ0n) is 32.5. The van der Waals surface area contributed by atoms with Gasteiger partial charge < -0.3 is 14.2 Å². The smallest absolute Gasteiger partial charge is 0.206 e. The first kappa shape index (κ1) is 38.4. The molecule has 0 heterocycles. The van der Waals surface area contributed by atoms with E-state index in [1.165, 1.54) is 16.7 Å². The van der Waals surface area contributed by atoms with E-state index < -0.39 is 9.84 Å². The quantitative estimate of drug-likeness (QED) is 0.132. The Balaban J connectivity index is 1.08. The fourth-order valence-corrected chi connectivity index (χ4v) is 7.63. The SMILES string of the molecule is CCC(C)(c1ccc(-c2ccc(S(=O)(=O)c3ccc(Oc4ccc(Oc5ccc(OC(C)(C)C)cc5)cc4)cc3)cc2)cc1)c1ccc(C(C)(C)C)cc1. The van der Waals surface area contributed by atoms with Crippen molar-refractivity contribution in [3.05, 3.63) is 162 Å². The van der Waals surface area contributed by atoms with Gasteiger partial charge in [0.1, 0.15) is 34.3 Å². The molecule has 1 atom stereocenters. The van der Waals surface area contributed by atoms with E-state index in [1.54, 1.807) is 48.5 Å². The summed E-state index contributed by atoms with van der Waals surface area (Å²) in [5, 5.41) is 0. The Morgan fingerprint density at radius 1 is 0.426 bits per heavy atom. The lowest BCUT2D eigenvalue weighted by atomic mass is 9.73. The van der Waals surface area contributed by atoms with Crippen LogP contribution in [-0.2, 0) is 20.7 Å². The lowest BCUT2D eigenvalue weighted by Gasteiger charge is -2.31. The standard InChI is InChI=1S/C48H50O5S/c1-9-48(8,38-18-16-36(17-19-38)46(2,3)4)37-14-10-34(11-15-37)35-12-30-44(31-13-35)54(49,50)45-32-28-42(29-33-45)52-40-22-20-39(21-23-40)51-41-24-26-43(27-25-41)53-47(5,6)7/h10-33H,9H2,1-8H3. The molecule has 0 bridgehead atoms. The van der Waals surface area contributed by atoms with Crippen molar-refractivity contribution < 1.29 is 22.6 Å². The molecule has 0 fully saturated rings. The Kier molecular flexibility index (Phi) is 10.8. The first-order chi connectivity index (χ1) is 25.5. The van der Waals surface area contributed by atoms with Gasteiger partial charge in [-0.25, -0.2) is 8.42 Å². The van der Waals surface area contributed by atoms with Gasteiger partial charge in [-0.2, -0.15) is 0 Å². The van der Waals surface area contributed by atoms with Gasteiger partial charge in [0.25, 0.3) is 0 Å². The predicted molar refractivity (Wildman–Crippen MR) is 219 cm³/mol. The van der Waals surface area contributed by atoms with E-state index in [1.807, 2.05) is 69.3 Å². The van der Waals surface area contributed by atoms with Crippen molar-refractivity contribution in [1.82, 2.24) is 0 Å². The van der Waals surface area contributed by atoms with Gasteiger partial charge >= 0.3 is 0 Å². The molecule has 0 N–H and O–H groups in total. The maximum atomic E-state index is 13.6. The molecule has 6 rings (SSSR count). The van der Waals surface area contributed by atoms with Crippen LogP contribution in [0.1, 0.15) is 78.5 Å². The minimum atomic E-state index is -3.73. The van der Waals surface area contributed by atoms with E-state index in [2.05, 4.69) is 83.1 Å². The average Bonchev–Trinajstić information content (AvgIpc) is 3.15. The van der Waals surface area contributed by atoms with E-state index in [0.717, 1.165) is 23.3 Å². The van der Waals surface area contributed by atoms with Gasteiger partial charge in [0.2, 0.25) is 9.84 Å². The minimum absolute atomic E-state index is 0.112. The van der Waals surface area contributed by atoms with Crippen molar-refractivity contribution in [3.63, 3.8) is 0 Å². The molecule has 1 unspecified atom stereocenters. The van der Waals surface area contributed by atoms with Crippen LogP contribution in [0.3, 0.4) is 0 Å². The Bertz CT molecular complexity index is 2260. The summed E-state index contributed by atoms with van der Waals surface area (Å²) in [6.07, 6.45) is 0.967. The topological polar surface area (TPSA) is 61.8 Å². The van der Waals surface area contributed by atoms with Crippen LogP contribution in [0.5, 0.6) is 28.7 Å². The second-order valence-electron chi connectivity index (χ2n) is 16.0. The van der Waals surface area contributed by atoms with Crippen LogP contribution in [0.4, 0.5) is 0 Å². The zero-order chi connectivity index (χ0) is 38.7. The number of ether oxygens (including phenoxy) is 3. The van der Waals surface area contributed by atoms with E-state index >= 15 is 0 Å². The van der Waals surface area contributed by atoms with Crippen molar-refractivity contribution in [2.75, 3.05) is 0 Å².